The number of aromatic nitrogens is 2. The van der Waals surface area contributed by atoms with Crippen LogP contribution in [0.3, 0.4) is 0 Å². The first-order valence-corrected chi connectivity index (χ1v) is 6.25. The zero-order chi connectivity index (χ0) is 11.1. The average Bonchev–Trinajstić information content (AvgIpc) is 2.82. The van der Waals surface area contributed by atoms with Crippen molar-refractivity contribution >= 4 is 40.2 Å². The fourth-order valence-electron chi connectivity index (χ4n) is 1.57. The van der Waals surface area contributed by atoms with E-state index in [0.29, 0.717) is 10.0 Å². The van der Waals surface area contributed by atoms with Crippen molar-refractivity contribution in [2.75, 3.05) is 0 Å². The van der Waals surface area contributed by atoms with Gasteiger partial charge in [-0.3, -0.25) is 0 Å². The van der Waals surface area contributed by atoms with Crippen LogP contribution in [0.2, 0.25) is 10.0 Å². The minimum absolute atomic E-state index is 0.565. The van der Waals surface area contributed by atoms with Gasteiger partial charge >= 0.3 is 0 Å². The molecule has 0 radical (unpaired) electrons. The van der Waals surface area contributed by atoms with E-state index >= 15 is 0 Å². The summed E-state index contributed by atoms with van der Waals surface area (Å²) < 4.78 is 1.85. The summed E-state index contributed by atoms with van der Waals surface area (Å²) in [6, 6.07) is 5.73. The Labute approximate surface area is 106 Å². The highest BCUT2D eigenvalue weighted by Gasteiger charge is 2.08. The number of hydrogen-bond acceptors (Lipinski definition) is 2. The van der Waals surface area contributed by atoms with E-state index in [0.717, 1.165) is 16.2 Å². The van der Waals surface area contributed by atoms with Gasteiger partial charge in [-0.2, -0.15) is 0 Å². The van der Waals surface area contributed by atoms with Gasteiger partial charge in [0.1, 0.15) is 0 Å². The van der Waals surface area contributed by atoms with Crippen molar-refractivity contribution in [2.45, 2.75) is 0 Å². The number of fused-ring (bicyclic) bond motifs is 1. The molecule has 3 rings (SSSR count). The van der Waals surface area contributed by atoms with E-state index in [1.807, 2.05) is 28.1 Å². The van der Waals surface area contributed by atoms with Crippen LogP contribution in [0.5, 0.6) is 0 Å². The lowest BCUT2D eigenvalue weighted by Gasteiger charge is -1.95. The minimum Gasteiger partial charge on any atom is -0.304 e. The number of thiophene rings is 1. The zero-order valence-corrected chi connectivity index (χ0v) is 10.4. The fraction of sp³-hybridized carbons (Fsp3) is 0. The number of pyridine rings is 1. The van der Waals surface area contributed by atoms with Crippen LogP contribution in [-0.2, 0) is 0 Å². The smallest absolute Gasteiger partial charge is 0.156 e. The number of hydrogen-bond donors (Lipinski definition) is 0. The van der Waals surface area contributed by atoms with E-state index in [1.54, 1.807) is 23.6 Å². The van der Waals surface area contributed by atoms with Crippen molar-refractivity contribution in [3.8, 4) is 10.6 Å². The number of imidazole rings is 1. The third-order valence-electron chi connectivity index (χ3n) is 2.25. The molecule has 0 atom stereocenters. The van der Waals surface area contributed by atoms with Crippen LogP contribution in [0.4, 0.5) is 0 Å². The zero-order valence-electron chi connectivity index (χ0n) is 8.02. The standard InChI is InChI=1S/C11H6Cl2N2S/c12-7-4-8(13)11-14-9(6-15(11)5-7)10-2-1-3-16-10/h1-6H. The summed E-state index contributed by atoms with van der Waals surface area (Å²) in [6.07, 6.45) is 3.73. The molecule has 16 heavy (non-hydrogen) atoms. The van der Waals surface area contributed by atoms with Gasteiger partial charge in [-0.15, -0.1) is 11.3 Å². The van der Waals surface area contributed by atoms with Crippen LogP contribution >= 0.6 is 34.5 Å². The number of rotatable bonds is 1. The lowest BCUT2D eigenvalue weighted by Crippen LogP contribution is -1.82. The minimum atomic E-state index is 0.565. The number of nitrogens with zero attached hydrogens (tertiary/aromatic N) is 2. The first-order valence-electron chi connectivity index (χ1n) is 4.62. The molecule has 0 saturated heterocycles. The van der Waals surface area contributed by atoms with Crippen molar-refractivity contribution in [3.63, 3.8) is 0 Å². The second kappa shape index (κ2) is 3.77. The quantitative estimate of drug-likeness (QED) is 0.641. The van der Waals surface area contributed by atoms with Crippen LogP contribution < -0.4 is 0 Å². The molecule has 0 N–H and O–H groups in total. The summed E-state index contributed by atoms with van der Waals surface area (Å²) in [5.74, 6) is 0. The van der Waals surface area contributed by atoms with Crippen molar-refractivity contribution in [2.24, 2.45) is 0 Å². The molecule has 0 spiro atoms. The van der Waals surface area contributed by atoms with Gasteiger partial charge < -0.3 is 4.40 Å². The summed E-state index contributed by atoms with van der Waals surface area (Å²) in [6.45, 7) is 0. The predicted octanol–water partition coefficient (Wildman–Crippen LogP) is 4.37. The fourth-order valence-corrected chi connectivity index (χ4v) is 2.77. The van der Waals surface area contributed by atoms with Crippen molar-refractivity contribution in [1.82, 2.24) is 9.38 Å². The third kappa shape index (κ3) is 1.61. The summed E-state index contributed by atoms with van der Waals surface area (Å²) in [5, 5.41) is 3.19. The lowest BCUT2D eigenvalue weighted by atomic mass is 10.4. The first-order chi connectivity index (χ1) is 7.74. The van der Waals surface area contributed by atoms with Crippen LogP contribution in [0.25, 0.3) is 16.2 Å². The normalized spacial score (nSPS) is 11.1. The van der Waals surface area contributed by atoms with E-state index in [4.69, 9.17) is 23.2 Å². The van der Waals surface area contributed by atoms with Crippen LogP contribution in [-0.4, -0.2) is 9.38 Å². The lowest BCUT2D eigenvalue weighted by molar-refractivity contribution is 1.19. The molecule has 3 aromatic heterocycles. The van der Waals surface area contributed by atoms with E-state index in [1.165, 1.54) is 0 Å². The molecule has 0 saturated carbocycles. The summed E-state index contributed by atoms with van der Waals surface area (Å²) >= 11 is 13.6. The van der Waals surface area contributed by atoms with Gasteiger partial charge in [0.05, 0.1) is 20.6 Å². The van der Waals surface area contributed by atoms with Crippen molar-refractivity contribution < 1.29 is 0 Å². The summed E-state index contributed by atoms with van der Waals surface area (Å²) in [7, 11) is 0. The van der Waals surface area contributed by atoms with Crippen LogP contribution in [0, 0.1) is 0 Å². The average molecular weight is 269 g/mol. The van der Waals surface area contributed by atoms with E-state index < -0.39 is 0 Å². The molecule has 0 aliphatic carbocycles. The predicted molar refractivity (Wildman–Crippen MR) is 68.5 cm³/mol. The Kier molecular flexibility index (Phi) is 2.39. The van der Waals surface area contributed by atoms with Gasteiger partial charge in [-0.25, -0.2) is 4.98 Å². The molecular formula is C11H6Cl2N2S. The Morgan fingerprint density at radius 1 is 1.25 bits per heavy atom. The second-order valence-corrected chi connectivity index (χ2v) is 5.13. The topological polar surface area (TPSA) is 17.3 Å². The van der Waals surface area contributed by atoms with E-state index in [2.05, 4.69) is 4.98 Å². The highest BCUT2D eigenvalue weighted by atomic mass is 35.5. The van der Waals surface area contributed by atoms with Crippen molar-refractivity contribution in [1.29, 1.82) is 0 Å². The molecule has 0 aromatic carbocycles. The van der Waals surface area contributed by atoms with Crippen molar-refractivity contribution in [3.05, 3.63) is 46.0 Å². The molecular weight excluding hydrogens is 263 g/mol. The first kappa shape index (κ1) is 10.1. The van der Waals surface area contributed by atoms with Gasteiger partial charge in [0.2, 0.25) is 0 Å². The van der Waals surface area contributed by atoms with Gasteiger partial charge in [0, 0.05) is 12.4 Å². The van der Waals surface area contributed by atoms with E-state index in [-0.39, 0.29) is 0 Å². The van der Waals surface area contributed by atoms with Crippen LogP contribution in [0.1, 0.15) is 0 Å². The summed E-state index contributed by atoms with van der Waals surface area (Å²) in [4.78, 5) is 5.60. The molecule has 0 aliphatic rings. The molecule has 3 heterocycles. The molecule has 0 amide bonds. The Bertz CT molecular complexity index is 643. The summed E-state index contributed by atoms with van der Waals surface area (Å²) in [5.41, 5.74) is 1.65. The third-order valence-corrected chi connectivity index (χ3v) is 3.62. The number of halogens is 2. The van der Waals surface area contributed by atoms with Gasteiger partial charge in [0.25, 0.3) is 0 Å². The Balaban J connectivity index is 2.27. The maximum absolute atomic E-state index is 6.07. The molecule has 80 valence electrons. The second-order valence-electron chi connectivity index (χ2n) is 3.34. The Morgan fingerprint density at radius 2 is 2.12 bits per heavy atom. The monoisotopic (exact) mass is 268 g/mol. The largest absolute Gasteiger partial charge is 0.304 e. The van der Waals surface area contributed by atoms with Crippen LogP contribution in [0.15, 0.2) is 36.0 Å². The highest BCUT2D eigenvalue weighted by Crippen LogP contribution is 2.27. The molecule has 0 bridgehead atoms. The molecule has 5 heteroatoms. The SMILES string of the molecule is Clc1cc(Cl)c2nc(-c3cccs3)cn2c1. The molecule has 2 nitrogen and oxygen atoms in total. The van der Waals surface area contributed by atoms with Gasteiger partial charge in [0.15, 0.2) is 5.65 Å². The Morgan fingerprint density at radius 3 is 2.88 bits per heavy atom. The van der Waals surface area contributed by atoms with Gasteiger partial charge in [-0.05, 0) is 17.5 Å². The molecule has 0 aliphatic heterocycles. The van der Waals surface area contributed by atoms with Gasteiger partial charge in [-0.1, -0.05) is 29.3 Å². The molecule has 3 aromatic rings. The molecule has 0 fully saturated rings. The van der Waals surface area contributed by atoms with E-state index in [9.17, 15) is 0 Å². The maximum atomic E-state index is 6.07. The Hall–Kier alpha value is -1.03. The molecule has 0 unspecified atom stereocenters. The highest BCUT2D eigenvalue weighted by molar-refractivity contribution is 7.13. The maximum Gasteiger partial charge on any atom is 0.156 e.